The molecule has 0 spiro atoms. The number of halogens is 1. The molecule has 0 aliphatic carbocycles. The fraction of sp³-hybridized carbons (Fsp3) is 0.136. The number of nitrogens with one attached hydrogen (secondary N) is 1. The minimum atomic E-state index is 0.714. The summed E-state index contributed by atoms with van der Waals surface area (Å²) in [5.41, 5.74) is 7.47. The van der Waals surface area contributed by atoms with Crippen molar-refractivity contribution >= 4 is 29.2 Å². The molecule has 0 fully saturated rings. The zero-order valence-corrected chi connectivity index (χ0v) is 15.5. The molecule has 0 aromatic heterocycles. The first-order valence-corrected chi connectivity index (χ1v) is 9.06. The molecule has 0 bridgehead atoms. The second kappa shape index (κ2) is 9.07. The summed E-state index contributed by atoms with van der Waals surface area (Å²) in [6.45, 7) is 4.04. The lowest BCUT2D eigenvalue weighted by Crippen LogP contribution is -2.21. The Labute approximate surface area is 159 Å². The van der Waals surface area contributed by atoms with Crippen molar-refractivity contribution in [2.45, 2.75) is 13.5 Å². The van der Waals surface area contributed by atoms with Gasteiger partial charge in [0.15, 0.2) is 0 Å². The zero-order chi connectivity index (χ0) is 18.2. The molecular formula is C22H22ClN3. The second-order valence-corrected chi connectivity index (χ2v) is 6.40. The van der Waals surface area contributed by atoms with Crippen LogP contribution in [0.1, 0.15) is 18.1 Å². The number of hydrogen-bond donors (Lipinski definition) is 1. The van der Waals surface area contributed by atoms with Crippen LogP contribution in [0.15, 0.2) is 84.0 Å². The molecule has 1 N–H and O–H groups in total. The van der Waals surface area contributed by atoms with E-state index in [0.29, 0.717) is 5.02 Å². The van der Waals surface area contributed by atoms with E-state index < -0.39 is 0 Å². The van der Waals surface area contributed by atoms with Crippen molar-refractivity contribution in [3.8, 4) is 0 Å². The zero-order valence-electron chi connectivity index (χ0n) is 14.8. The van der Waals surface area contributed by atoms with E-state index in [1.807, 2.05) is 36.5 Å². The van der Waals surface area contributed by atoms with Gasteiger partial charge in [0, 0.05) is 23.8 Å². The molecule has 0 unspecified atom stereocenters. The lowest BCUT2D eigenvalue weighted by molar-refractivity contribution is 0.832. The minimum Gasteiger partial charge on any atom is -0.367 e. The minimum absolute atomic E-state index is 0.714. The number of nitrogens with zero attached hydrogens (tertiary/aromatic N) is 2. The number of benzene rings is 3. The Morgan fingerprint density at radius 1 is 0.923 bits per heavy atom. The van der Waals surface area contributed by atoms with Crippen LogP contribution < -0.4 is 10.3 Å². The molecule has 0 radical (unpaired) electrons. The van der Waals surface area contributed by atoms with Crippen molar-refractivity contribution in [2.75, 3.05) is 16.9 Å². The lowest BCUT2D eigenvalue weighted by Gasteiger charge is -2.23. The lowest BCUT2D eigenvalue weighted by atomic mass is 10.1. The highest BCUT2D eigenvalue weighted by atomic mass is 35.5. The van der Waals surface area contributed by atoms with E-state index in [2.05, 4.69) is 70.9 Å². The third-order valence-electron chi connectivity index (χ3n) is 4.11. The standard InChI is InChI=1S/C22H22ClN3/c1-2-26(17-19-6-4-3-5-7-19)22-14-8-18(9-15-22)16-24-25-21-12-10-20(23)11-13-21/h3-16,25H,2,17H2,1H3/b24-16-. The van der Waals surface area contributed by atoms with Gasteiger partial charge in [0.25, 0.3) is 0 Å². The highest BCUT2D eigenvalue weighted by Gasteiger charge is 2.04. The van der Waals surface area contributed by atoms with E-state index in [0.717, 1.165) is 24.3 Å². The molecule has 0 saturated heterocycles. The molecule has 132 valence electrons. The van der Waals surface area contributed by atoms with E-state index in [4.69, 9.17) is 11.6 Å². The fourth-order valence-electron chi connectivity index (χ4n) is 2.67. The molecule has 4 heteroatoms. The maximum absolute atomic E-state index is 5.87. The monoisotopic (exact) mass is 363 g/mol. The molecule has 0 amide bonds. The molecule has 0 aliphatic rings. The van der Waals surface area contributed by atoms with Gasteiger partial charge in [0.1, 0.15) is 0 Å². The Kier molecular flexibility index (Phi) is 6.29. The summed E-state index contributed by atoms with van der Waals surface area (Å²) in [5, 5.41) is 4.99. The third-order valence-corrected chi connectivity index (χ3v) is 4.36. The van der Waals surface area contributed by atoms with Crippen molar-refractivity contribution in [1.29, 1.82) is 0 Å². The number of anilines is 2. The maximum Gasteiger partial charge on any atom is 0.0562 e. The predicted octanol–water partition coefficient (Wildman–Crippen LogP) is 5.81. The SMILES string of the molecule is CCN(Cc1ccccc1)c1ccc(/C=N\Nc2ccc(Cl)cc2)cc1. The van der Waals surface area contributed by atoms with Gasteiger partial charge in [0.2, 0.25) is 0 Å². The van der Waals surface area contributed by atoms with Gasteiger partial charge in [0.05, 0.1) is 11.9 Å². The summed E-state index contributed by atoms with van der Waals surface area (Å²) in [7, 11) is 0. The quantitative estimate of drug-likeness (QED) is 0.423. The molecule has 3 aromatic rings. The van der Waals surface area contributed by atoms with Crippen molar-refractivity contribution < 1.29 is 0 Å². The van der Waals surface area contributed by atoms with Gasteiger partial charge in [-0.2, -0.15) is 5.10 Å². The van der Waals surface area contributed by atoms with Gasteiger partial charge < -0.3 is 4.90 Å². The third kappa shape index (κ3) is 5.11. The van der Waals surface area contributed by atoms with Crippen molar-refractivity contribution in [3.63, 3.8) is 0 Å². The van der Waals surface area contributed by atoms with Gasteiger partial charge in [-0.1, -0.05) is 54.1 Å². The highest BCUT2D eigenvalue weighted by Crippen LogP contribution is 2.18. The van der Waals surface area contributed by atoms with Gasteiger partial charge in [-0.3, -0.25) is 5.43 Å². The first-order valence-electron chi connectivity index (χ1n) is 8.68. The van der Waals surface area contributed by atoms with Crippen LogP contribution in [0.3, 0.4) is 0 Å². The average Bonchev–Trinajstić information content (AvgIpc) is 2.69. The van der Waals surface area contributed by atoms with Gasteiger partial charge in [-0.05, 0) is 54.4 Å². The molecule has 26 heavy (non-hydrogen) atoms. The first kappa shape index (κ1) is 18.0. The molecule has 3 rings (SSSR count). The molecule has 3 aromatic carbocycles. The van der Waals surface area contributed by atoms with Crippen LogP contribution in [-0.4, -0.2) is 12.8 Å². The summed E-state index contributed by atoms with van der Waals surface area (Å²) < 4.78 is 0. The van der Waals surface area contributed by atoms with Crippen LogP contribution >= 0.6 is 11.6 Å². The second-order valence-electron chi connectivity index (χ2n) is 5.97. The topological polar surface area (TPSA) is 27.6 Å². The fourth-order valence-corrected chi connectivity index (χ4v) is 2.79. The average molecular weight is 364 g/mol. The van der Waals surface area contributed by atoms with E-state index in [1.165, 1.54) is 11.3 Å². The Morgan fingerprint density at radius 2 is 1.62 bits per heavy atom. The van der Waals surface area contributed by atoms with E-state index >= 15 is 0 Å². The molecule has 0 heterocycles. The largest absolute Gasteiger partial charge is 0.367 e. The number of rotatable bonds is 7. The predicted molar refractivity (Wildman–Crippen MR) is 112 cm³/mol. The smallest absolute Gasteiger partial charge is 0.0562 e. The van der Waals surface area contributed by atoms with Crippen molar-refractivity contribution in [3.05, 3.63) is 95.0 Å². The summed E-state index contributed by atoms with van der Waals surface area (Å²) in [5.74, 6) is 0. The van der Waals surface area contributed by atoms with Crippen molar-refractivity contribution in [1.82, 2.24) is 0 Å². The van der Waals surface area contributed by atoms with Crippen LogP contribution in [0.4, 0.5) is 11.4 Å². The Bertz CT molecular complexity index is 828. The highest BCUT2D eigenvalue weighted by molar-refractivity contribution is 6.30. The Hall–Kier alpha value is -2.78. The molecular weight excluding hydrogens is 342 g/mol. The first-order chi connectivity index (χ1) is 12.7. The normalized spacial score (nSPS) is 10.8. The van der Waals surface area contributed by atoms with Crippen molar-refractivity contribution in [2.24, 2.45) is 5.10 Å². The summed E-state index contributed by atoms with van der Waals surface area (Å²) in [6.07, 6.45) is 1.81. The summed E-state index contributed by atoms with van der Waals surface area (Å²) in [4.78, 5) is 2.35. The van der Waals surface area contributed by atoms with Crippen LogP contribution in [0.25, 0.3) is 0 Å². The molecule has 0 saturated carbocycles. The van der Waals surface area contributed by atoms with E-state index in [1.54, 1.807) is 0 Å². The summed E-state index contributed by atoms with van der Waals surface area (Å²) >= 11 is 5.87. The Morgan fingerprint density at radius 3 is 2.27 bits per heavy atom. The van der Waals surface area contributed by atoms with Crippen LogP contribution in [-0.2, 0) is 6.54 Å². The maximum atomic E-state index is 5.87. The number of hydrogen-bond acceptors (Lipinski definition) is 3. The van der Waals surface area contributed by atoms with E-state index in [-0.39, 0.29) is 0 Å². The van der Waals surface area contributed by atoms with Gasteiger partial charge in [-0.15, -0.1) is 0 Å². The molecule has 3 nitrogen and oxygen atoms in total. The van der Waals surface area contributed by atoms with Crippen LogP contribution in [0.5, 0.6) is 0 Å². The molecule has 0 atom stereocenters. The van der Waals surface area contributed by atoms with E-state index in [9.17, 15) is 0 Å². The Balaban J connectivity index is 1.61. The summed E-state index contributed by atoms with van der Waals surface area (Å²) in [6, 6.07) is 26.4. The van der Waals surface area contributed by atoms with Gasteiger partial charge in [-0.25, -0.2) is 0 Å². The van der Waals surface area contributed by atoms with Gasteiger partial charge >= 0.3 is 0 Å². The number of hydrazone groups is 1. The van der Waals surface area contributed by atoms with Crippen LogP contribution in [0, 0.1) is 0 Å². The molecule has 0 aliphatic heterocycles. The van der Waals surface area contributed by atoms with Crippen LogP contribution in [0.2, 0.25) is 5.02 Å².